The SMILES string of the molecule is CC1(C)C(CO)C1(Br)Br. The molecule has 1 rings (SSSR count). The zero-order valence-electron chi connectivity index (χ0n) is 5.49. The van der Waals surface area contributed by atoms with Crippen LogP contribution in [0.1, 0.15) is 13.8 Å². The largest absolute Gasteiger partial charge is 0.396 e. The van der Waals surface area contributed by atoms with Crippen LogP contribution in [-0.4, -0.2) is 14.9 Å². The predicted molar refractivity (Wildman–Crippen MR) is 44.9 cm³/mol. The van der Waals surface area contributed by atoms with Crippen LogP contribution < -0.4 is 0 Å². The van der Waals surface area contributed by atoms with Crippen molar-refractivity contribution in [3.63, 3.8) is 0 Å². The summed E-state index contributed by atoms with van der Waals surface area (Å²) in [5.41, 5.74) is 0.196. The highest BCUT2D eigenvalue weighted by atomic mass is 79.9. The van der Waals surface area contributed by atoms with E-state index in [1.54, 1.807) is 0 Å². The zero-order chi connectivity index (χ0) is 7.28. The first kappa shape index (κ1) is 8.02. The van der Waals surface area contributed by atoms with Gasteiger partial charge in [-0.25, -0.2) is 0 Å². The Balaban J connectivity index is 2.66. The van der Waals surface area contributed by atoms with Gasteiger partial charge < -0.3 is 5.11 Å². The Labute approximate surface area is 72.1 Å². The van der Waals surface area contributed by atoms with E-state index in [0.29, 0.717) is 5.92 Å². The molecule has 9 heavy (non-hydrogen) atoms. The molecule has 1 unspecified atom stereocenters. The molecule has 54 valence electrons. The van der Waals surface area contributed by atoms with Gasteiger partial charge >= 0.3 is 0 Å². The second-order valence-electron chi connectivity index (χ2n) is 3.08. The first-order chi connectivity index (χ1) is 3.94. The van der Waals surface area contributed by atoms with Crippen molar-refractivity contribution in [3.8, 4) is 0 Å². The van der Waals surface area contributed by atoms with Gasteiger partial charge in [-0.2, -0.15) is 0 Å². The Hall–Kier alpha value is 0.920. The van der Waals surface area contributed by atoms with Crippen LogP contribution in [0.2, 0.25) is 0 Å². The van der Waals surface area contributed by atoms with E-state index in [0.717, 1.165) is 0 Å². The zero-order valence-corrected chi connectivity index (χ0v) is 8.66. The average Bonchev–Trinajstić information content (AvgIpc) is 2.00. The summed E-state index contributed by atoms with van der Waals surface area (Å²) in [4.78, 5) is 0. The van der Waals surface area contributed by atoms with Gasteiger partial charge in [-0.05, 0) is 5.41 Å². The van der Waals surface area contributed by atoms with Crippen molar-refractivity contribution >= 4 is 31.9 Å². The molecule has 0 spiro atoms. The lowest BCUT2D eigenvalue weighted by Crippen LogP contribution is -1.94. The summed E-state index contributed by atoms with van der Waals surface area (Å²) in [6, 6.07) is 0. The topological polar surface area (TPSA) is 20.2 Å². The minimum absolute atomic E-state index is 0.0122. The van der Waals surface area contributed by atoms with Crippen LogP contribution in [0.5, 0.6) is 0 Å². The molecule has 0 saturated heterocycles. The van der Waals surface area contributed by atoms with E-state index in [2.05, 4.69) is 45.7 Å². The van der Waals surface area contributed by atoms with Crippen molar-refractivity contribution in [1.82, 2.24) is 0 Å². The van der Waals surface area contributed by atoms with Gasteiger partial charge in [0.25, 0.3) is 0 Å². The highest BCUT2D eigenvalue weighted by molar-refractivity contribution is 9.25. The molecule has 0 aromatic rings. The summed E-state index contributed by atoms with van der Waals surface area (Å²) in [6.45, 7) is 4.50. The van der Waals surface area contributed by atoms with E-state index in [1.165, 1.54) is 0 Å². The summed E-state index contributed by atoms with van der Waals surface area (Å²) < 4.78 is -0.0122. The Morgan fingerprint density at radius 1 is 1.44 bits per heavy atom. The van der Waals surface area contributed by atoms with Crippen LogP contribution in [0.4, 0.5) is 0 Å². The van der Waals surface area contributed by atoms with E-state index in [1.807, 2.05) is 0 Å². The number of rotatable bonds is 1. The van der Waals surface area contributed by atoms with Crippen molar-refractivity contribution in [1.29, 1.82) is 0 Å². The lowest BCUT2D eigenvalue weighted by molar-refractivity contribution is 0.257. The van der Waals surface area contributed by atoms with Crippen molar-refractivity contribution < 1.29 is 5.11 Å². The molecule has 1 aliphatic rings. The van der Waals surface area contributed by atoms with E-state index in [9.17, 15) is 0 Å². The number of aliphatic hydroxyl groups excluding tert-OH is 1. The molecule has 1 atom stereocenters. The predicted octanol–water partition coefficient (Wildman–Crippen LogP) is 2.12. The fourth-order valence-corrected chi connectivity index (χ4v) is 2.86. The third-order valence-corrected chi connectivity index (χ3v) is 5.42. The monoisotopic (exact) mass is 256 g/mol. The van der Waals surface area contributed by atoms with Gasteiger partial charge in [0, 0.05) is 12.5 Å². The van der Waals surface area contributed by atoms with Gasteiger partial charge in [0.15, 0.2) is 0 Å². The molecule has 1 saturated carbocycles. The molecule has 0 heterocycles. The summed E-state index contributed by atoms with van der Waals surface area (Å²) in [7, 11) is 0. The Morgan fingerprint density at radius 3 is 1.78 bits per heavy atom. The highest BCUT2D eigenvalue weighted by Crippen LogP contribution is 2.70. The molecular formula is C6H10Br2O. The third kappa shape index (κ3) is 0.889. The molecule has 3 heteroatoms. The minimum Gasteiger partial charge on any atom is -0.396 e. The summed E-state index contributed by atoms with van der Waals surface area (Å²) in [5, 5.41) is 8.82. The van der Waals surface area contributed by atoms with Gasteiger partial charge in [0.05, 0.1) is 3.23 Å². The first-order valence-corrected chi connectivity index (χ1v) is 4.52. The number of alkyl halides is 2. The standard InChI is InChI=1S/C6H10Br2O/c1-5(2)4(3-9)6(5,7)8/h4,9H,3H2,1-2H3. The molecule has 0 radical (unpaired) electrons. The second-order valence-corrected chi connectivity index (χ2v) is 6.65. The van der Waals surface area contributed by atoms with Crippen LogP contribution >= 0.6 is 31.9 Å². The van der Waals surface area contributed by atoms with Crippen molar-refractivity contribution in [2.45, 2.75) is 17.1 Å². The molecule has 1 N–H and O–H groups in total. The summed E-state index contributed by atoms with van der Waals surface area (Å²) in [5.74, 6) is 0.352. The quantitative estimate of drug-likeness (QED) is 0.714. The average molecular weight is 258 g/mol. The number of aliphatic hydroxyl groups is 1. The van der Waals surface area contributed by atoms with E-state index >= 15 is 0 Å². The van der Waals surface area contributed by atoms with Gasteiger partial charge in [0.2, 0.25) is 0 Å². The molecular weight excluding hydrogens is 248 g/mol. The van der Waals surface area contributed by atoms with Crippen LogP contribution in [0.15, 0.2) is 0 Å². The minimum atomic E-state index is -0.0122. The van der Waals surface area contributed by atoms with Gasteiger partial charge in [-0.15, -0.1) is 0 Å². The highest BCUT2D eigenvalue weighted by Gasteiger charge is 2.68. The lowest BCUT2D eigenvalue weighted by atomic mass is 10.1. The smallest absolute Gasteiger partial charge is 0.0916 e. The fraction of sp³-hybridized carbons (Fsp3) is 1.00. The normalized spacial score (nSPS) is 36.3. The van der Waals surface area contributed by atoms with Crippen molar-refractivity contribution in [3.05, 3.63) is 0 Å². The molecule has 1 aliphatic carbocycles. The Kier molecular flexibility index (Phi) is 1.74. The van der Waals surface area contributed by atoms with Crippen molar-refractivity contribution in [2.24, 2.45) is 11.3 Å². The van der Waals surface area contributed by atoms with Gasteiger partial charge in [-0.1, -0.05) is 45.7 Å². The van der Waals surface area contributed by atoms with E-state index < -0.39 is 0 Å². The van der Waals surface area contributed by atoms with Gasteiger partial charge in [0.1, 0.15) is 0 Å². The molecule has 0 aromatic heterocycles. The fourth-order valence-electron chi connectivity index (χ4n) is 1.10. The molecule has 0 aromatic carbocycles. The summed E-state index contributed by atoms with van der Waals surface area (Å²) >= 11 is 6.98. The van der Waals surface area contributed by atoms with Crippen LogP contribution in [0.25, 0.3) is 0 Å². The van der Waals surface area contributed by atoms with E-state index in [4.69, 9.17) is 5.11 Å². The summed E-state index contributed by atoms with van der Waals surface area (Å²) in [6.07, 6.45) is 0. The molecule has 0 bridgehead atoms. The Morgan fingerprint density at radius 2 is 1.78 bits per heavy atom. The van der Waals surface area contributed by atoms with E-state index in [-0.39, 0.29) is 15.3 Å². The molecule has 0 amide bonds. The maximum atomic E-state index is 8.82. The van der Waals surface area contributed by atoms with Crippen LogP contribution in [-0.2, 0) is 0 Å². The lowest BCUT2D eigenvalue weighted by Gasteiger charge is -1.99. The van der Waals surface area contributed by atoms with Gasteiger partial charge in [-0.3, -0.25) is 0 Å². The maximum absolute atomic E-state index is 8.82. The molecule has 1 fully saturated rings. The second kappa shape index (κ2) is 1.95. The third-order valence-electron chi connectivity index (χ3n) is 2.27. The number of hydrogen-bond acceptors (Lipinski definition) is 1. The Bertz CT molecular complexity index is 117. The molecule has 1 nitrogen and oxygen atoms in total. The maximum Gasteiger partial charge on any atom is 0.0916 e. The number of hydrogen-bond donors (Lipinski definition) is 1. The van der Waals surface area contributed by atoms with Crippen LogP contribution in [0.3, 0.4) is 0 Å². The molecule has 0 aliphatic heterocycles. The van der Waals surface area contributed by atoms with Crippen molar-refractivity contribution in [2.75, 3.05) is 6.61 Å². The van der Waals surface area contributed by atoms with Crippen LogP contribution in [0, 0.1) is 11.3 Å². The first-order valence-electron chi connectivity index (χ1n) is 2.93. The number of halogens is 2.